The van der Waals surface area contributed by atoms with Crippen LogP contribution in [-0.2, 0) is 11.3 Å². The number of nitrogens with two attached hydrogens (primary N) is 1. The molecule has 2 rings (SSSR count). The van der Waals surface area contributed by atoms with E-state index in [0.717, 1.165) is 23.4 Å². The number of nitrogens with one attached hydrogen (secondary N) is 1. The van der Waals surface area contributed by atoms with Crippen molar-refractivity contribution in [1.82, 2.24) is 0 Å². The van der Waals surface area contributed by atoms with E-state index in [9.17, 15) is 4.79 Å². The molecule has 1 aliphatic carbocycles. The van der Waals surface area contributed by atoms with Crippen molar-refractivity contribution in [3.8, 4) is 0 Å². The third kappa shape index (κ3) is 1.81. The Morgan fingerprint density at radius 3 is 3.00 bits per heavy atom. The summed E-state index contributed by atoms with van der Waals surface area (Å²) in [7, 11) is 0. The van der Waals surface area contributed by atoms with Gasteiger partial charge in [-0.1, -0.05) is 6.42 Å². The van der Waals surface area contributed by atoms with Gasteiger partial charge in [-0.2, -0.15) is 0 Å². The fourth-order valence-electron chi connectivity index (χ4n) is 1.49. The van der Waals surface area contributed by atoms with Crippen molar-refractivity contribution in [3.63, 3.8) is 0 Å². The molecule has 0 aromatic carbocycles. The van der Waals surface area contributed by atoms with E-state index in [4.69, 9.17) is 5.73 Å². The van der Waals surface area contributed by atoms with Gasteiger partial charge in [-0.3, -0.25) is 4.79 Å². The first-order valence-electron chi connectivity index (χ1n) is 4.88. The van der Waals surface area contributed by atoms with E-state index in [1.54, 1.807) is 11.3 Å². The first-order chi connectivity index (χ1) is 6.81. The molecule has 1 aromatic heterocycles. The molecule has 0 unspecified atom stereocenters. The molecule has 0 bridgehead atoms. The second-order valence-corrected chi connectivity index (χ2v) is 4.51. The Morgan fingerprint density at radius 1 is 1.64 bits per heavy atom. The van der Waals surface area contributed by atoms with Crippen LogP contribution in [0.3, 0.4) is 0 Å². The van der Waals surface area contributed by atoms with E-state index in [0.29, 0.717) is 6.54 Å². The van der Waals surface area contributed by atoms with Crippen molar-refractivity contribution in [3.05, 3.63) is 17.0 Å². The van der Waals surface area contributed by atoms with E-state index in [1.165, 1.54) is 6.42 Å². The van der Waals surface area contributed by atoms with Gasteiger partial charge in [0.15, 0.2) is 0 Å². The second-order valence-electron chi connectivity index (χ2n) is 3.60. The van der Waals surface area contributed by atoms with Crippen LogP contribution in [0.4, 0.5) is 5.00 Å². The van der Waals surface area contributed by atoms with E-state index in [2.05, 4.69) is 5.32 Å². The highest BCUT2D eigenvalue weighted by molar-refractivity contribution is 7.14. The molecule has 1 aromatic rings. The highest BCUT2D eigenvalue weighted by Gasteiger charge is 2.25. The Balaban J connectivity index is 1.99. The minimum absolute atomic E-state index is 0.161. The third-order valence-corrected chi connectivity index (χ3v) is 3.55. The van der Waals surface area contributed by atoms with Gasteiger partial charge in [-0.25, -0.2) is 0 Å². The maximum absolute atomic E-state index is 11.6. The average Bonchev–Trinajstić information content (AvgIpc) is 2.48. The molecule has 1 fully saturated rings. The third-order valence-electron chi connectivity index (χ3n) is 2.68. The Hall–Kier alpha value is -0.870. The summed E-state index contributed by atoms with van der Waals surface area (Å²) in [6.07, 6.45) is 3.26. The fraction of sp³-hybridized carbons (Fsp3) is 0.500. The first kappa shape index (κ1) is 9.68. The van der Waals surface area contributed by atoms with Crippen LogP contribution in [-0.4, -0.2) is 5.91 Å². The van der Waals surface area contributed by atoms with Gasteiger partial charge in [0.25, 0.3) is 0 Å². The van der Waals surface area contributed by atoms with Crippen LogP contribution >= 0.6 is 11.3 Å². The Kier molecular flexibility index (Phi) is 2.84. The number of anilines is 1. The van der Waals surface area contributed by atoms with Crippen molar-refractivity contribution in [2.45, 2.75) is 25.8 Å². The largest absolute Gasteiger partial charge is 0.326 e. The monoisotopic (exact) mass is 210 g/mol. The van der Waals surface area contributed by atoms with Crippen molar-refractivity contribution >= 4 is 22.2 Å². The predicted molar refractivity (Wildman–Crippen MR) is 58.2 cm³/mol. The molecule has 1 saturated carbocycles. The van der Waals surface area contributed by atoms with Crippen molar-refractivity contribution in [1.29, 1.82) is 0 Å². The molecule has 1 amide bonds. The van der Waals surface area contributed by atoms with Gasteiger partial charge in [0, 0.05) is 18.0 Å². The zero-order valence-corrected chi connectivity index (χ0v) is 8.77. The molecule has 1 aliphatic rings. The number of thiophene rings is 1. The molecular formula is C10H14N2OS. The molecule has 14 heavy (non-hydrogen) atoms. The summed E-state index contributed by atoms with van der Waals surface area (Å²) in [5.74, 6) is 0.399. The molecule has 0 saturated heterocycles. The minimum Gasteiger partial charge on any atom is -0.326 e. The topological polar surface area (TPSA) is 55.1 Å². The molecule has 0 spiro atoms. The lowest BCUT2D eigenvalue weighted by Gasteiger charge is -2.23. The molecule has 0 radical (unpaired) electrons. The Bertz CT molecular complexity index is 331. The minimum atomic E-state index is 0.161. The van der Waals surface area contributed by atoms with Crippen molar-refractivity contribution in [2.24, 2.45) is 11.7 Å². The van der Waals surface area contributed by atoms with E-state index >= 15 is 0 Å². The van der Waals surface area contributed by atoms with Crippen LogP contribution in [0.15, 0.2) is 11.4 Å². The number of rotatable bonds is 3. The number of hydrogen-bond donors (Lipinski definition) is 2. The highest BCUT2D eigenvalue weighted by Crippen LogP contribution is 2.29. The summed E-state index contributed by atoms with van der Waals surface area (Å²) in [4.78, 5) is 11.6. The van der Waals surface area contributed by atoms with Gasteiger partial charge in [0.05, 0.1) is 5.00 Å². The fourth-order valence-corrected chi connectivity index (χ4v) is 2.32. The molecule has 1 heterocycles. The Labute approximate surface area is 87.3 Å². The van der Waals surface area contributed by atoms with Gasteiger partial charge in [0.1, 0.15) is 0 Å². The Morgan fingerprint density at radius 2 is 2.43 bits per heavy atom. The number of carbonyl (C=O) groups excluding carboxylic acids is 1. The van der Waals surface area contributed by atoms with Crippen LogP contribution in [0.25, 0.3) is 0 Å². The summed E-state index contributed by atoms with van der Waals surface area (Å²) in [5.41, 5.74) is 6.58. The van der Waals surface area contributed by atoms with Crippen molar-refractivity contribution < 1.29 is 4.79 Å². The van der Waals surface area contributed by atoms with E-state index < -0.39 is 0 Å². The maximum Gasteiger partial charge on any atom is 0.228 e. The SMILES string of the molecule is NCc1ccsc1NC(=O)C1CCC1. The normalized spacial score (nSPS) is 16.4. The average molecular weight is 210 g/mol. The number of carbonyl (C=O) groups is 1. The lowest BCUT2D eigenvalue weighted by Crippen LogP contribution is -2.28. The van der Waals surface area contributed by atoms with Gasteiger partial charge in [-0.05, 0) is 24.3 Å². The molecule has 3 nitrogen and oxygen atoms in total. The summed E-state index contributed by atoms with van der Waals surface area (Å²) in [5, 5.41) is 5.82. The van der Waals surface area contributed by atoms with Crippen LogP contribution in [0.5, 0.6) is 0 Å². The molecule has 4 heteroatoms. The van der Waals surface area contributed by atoms with Gasteiger partial charge in [-0.15, -0.1) is 11.3 Å². The molecule has 76 valence electrons. The first-order valence-corrected chi connectivity index (χ1v) is 5.76. The smallest absolute Gasteiger partial charge is 0.228 e. The zero-order valence-electron chi connectivity index (χ0n) is 7.95. The van der Waals surface area contributed by atoms with E-state index in [-0.39, 0.29) is 11.8 Å². The van der Waals surface area contributed by atoms with Crippen LogP contribution in [0, 0.1) is 5.92 Å². The summed E-state index contributed by atoms with van der Waals surface area (Å²) in [6, 6.07) is 1.96. The van der Waals surface area contributed by atoms with Gasteiger partial charge < -0.3 is 11.1 Å². The summed E-state index contributed by atoms with van der Waals surface area (Å²) in [6.45, 7) is 0.490. The summed E-state index contributed by atoms with van der Waals surface area (Å²) < 4.78 is 0. The summed E-state index contributed by atoms with van der Waals surface area (Å²) >= 11 is 1.54. The van der Waals surface area contributed by atoms with Gasteiger partial charge in [0.2, 0.25) is 5.91 Å². The number of amides is 1. The van der Waals surface area contributed by atoms with Gasteiger partial charge >= 0.3 is 0 Å². The lowest BCUT2D eigenvalue weighted by molar-refractivity contribution is -0.122. The molecule has 3 N–H and O–H groups in total. The molecule has 0 aliphatic heterocycles. The lowest BCUT2D eigenvalue weighted by atomic mass is 9.85. The maximum atomic E-state index is 11.6. The van der Waals surface area contributed by atoms with Crippen LogP contribution in [0.2, 0.25) is 0 Å². The van der Waals surface area contributed by atoms with Crippen LogP contribution in [0.1, 0.15) is 24.8 Å². The van der Waals surface area contributed by atoms with Crippen LogP contribution < -0.4 is 11.1 Å². The quantitative estimate of drug-likeness (QED) is 0.801. The van der Waals surface area contributed by atoms with E-state index in [1.807, 2.05) is 11.4 Å². The molecular weight excluding hydrogens is 196 g/mol. The number of hydrogen-bond acceptors (Lipinski definition) is 3. The zero-order chi connectivity index (χ0) is 9.97. The van der Waals surface area contributed by atoms with Crippen molar-refractivity contribution in [2.75, 3.05) is 5.32 Å². The molecule has 0 atom stereocenters. The predicted octanol–water partition coefficient (Wildman–Crippen LogP) is 1.95. The highest BCUT2D eigenvalue weighted by atomic mass is 32.1. The standard InChI is InChI=1S/C10H14N2OS/c11-6-8-4-5-14-10(8)12-9(13)7-2-1-3-7/h4-5,7H,1-3,6,11H2,(H,12,13). The second kappa shape index (κ2) is 4.11.